The molecule has 46 heavy (non-hydrogen) atoms. The minimum absolute atomic E-state index is 0.0343. The van der Waals surface area contributed by atoms with Gasteiger partial charge in [-0.3, -0.25) is 19.3 Å². The van der Waals surface area contributed by atoms with Gasteiger partial charge in [-0.05, 0) is 58.9 Å². The first-order chi connectivity index (χ1) is 21.0. The average Bonchev–Trinajstić information content (AvgIpc) is 2.93. The number of hydrogen-bond acceptors (Lipinski definition) is 7. The molecule has 1 N–H and O–H groups in total. The van der Waals surface area contributed by atoms with Crippen molar-refractivity contribution in [2.45, 2.75) is 137 Å². The number of rotatable bonds is 14. The molecule has 0 unspecified atom stereocenters. The normalized spacial score (nSPS) is 15.7. The lowest BCUT2D eigenvalue weighted by atomic mass is 9.76. The molecule has 0 aliphatic heterocycles. The van der Waals surface area contributed by atoms with Crippen molar-refractivity contribution in [1.29, 1.82) is 0 Å². The number of carbonyl (C=O) groups excluding carboxylic acids is 4. The maximum Gasteiger partial charge on any atom is 0.410 e. The second kappa shape index (κ2) is 16.6. The van der Waals surface area contributed by atoms with Crippen molar-refractivity contribution in [3.63, 3.8) is 0 Å². The lowest BCUT2D eigenvalue weighted by Crippen LogP contribution is -2.62. The number of nitrogens with one attached hydrogen (secondary N) is 1. The third kappa shape index (κ3) is 11.6. The molecule has 1 aromatic rings. The Morgan fingerprint density at radius 2 is 1.35 bits per heavy atom. The minimum atomic E-state index is -1.02. The monoisotopic (exact) mass is 647 g/mol. The Morgan fingerprint density at radius 3 is 1.78 bits per heavy atom. The number of nitrogens with zero attached hydrogens (tertiary/aromatic N) is 2. The molecule has 1 aromatic carbocycles. The van der Waals surface area contributed by atoms with Gasteiger partial charge >= 0.3 is 12.1 Å². The molecular weight excluding hydrogens is 586 g/mol. The van der Waals surface area contributed by atoms with Crippen molar-refractivity contribution in [1.82, 2.24) is 15.1 Å². The van der Waals surface area contributed by atoms with E-state index in [0.717, 1.165) is 12.0 Å². The summed E-state index contributed by atoms with van der Waals surface area (Å²) in [5.74, 6) is -1.56. The van der Waals surface area contributed by atoms with Gasteiger partial charge in [0.15, 0.2) is 0 Å². The Bertz CT molecular complexity index is 1150. The molecule has 5 atom stereocenters. The fraction of sp³-hybridized carbons (Fsp3) is 0.722. The van der Waals surface area contributed by atoms with Crippen molar-refractivity contribution < 1.29 is 33.4 Å². The molecular formula is C36H61N3O7. The number of amides is 3. The summed E-state index contributed by atoms with van der Waals surface area (Å²) in [7, 11) is 4.74. The zero-order valence-electron chi connectivity index (χ0n) is 31.0. The zero-order valence-corrected chi connectivity index (χ0v) is 31.0. The van der Waals surface area contributed by atoms with E-state index < -0.39 is 58.8 Å². The van der Waals surface area contributed by atoms with Gasteiger partial charge in [-0.2, -0.15) is 0 Å². The second-order valence-corrected chi connectivity index (χ2v) is 15.2. The van der Waals surface area contributed by atoms with Crippen molar-refractivity contribution in [3.05, 3.63) is 35.9 Å². The molecule has 0 aliphatic carbocycles. The number of ether oxygens (including phenoxy) is 3. The van der Waals surface area contributed by atoms with Crippen LogP contribution in [0.5, 0.6) is 0 Å². The van der Waals surface area contributed by atoms with Crippen LogP contribution in [-0.4, -0.2) is 90.3 Å². The molecule has 262 valence electrons. The molecule has 1 rings (SSSR count). The molecule has 0 spiro atoms. The van der Waals surface area contributed by atoms with Gasteiger partial charge in [0.25, 0.3) is 0 Å². The van der Waals surface area contributed by atoms with E-state index in [-0.39, 0.29) is 24.2 Å². The van der Waals surface area contributed by atoms with Gasteiger partial charge in [-0.1, -0.05) is 78.3 Å². The summed E-state index contributed by atoms with van der Waals surface area (Å²) in [6, 6.07) is 7.05. The first kappa shape index (κ1) is 40.9. The van der Waals surface area contributed by atoms with Crippen LogP contribution in [0.4, 0.5) is 4.79 Å². The number of benzene rings is 1. The highest BCUT2D eigenvalue weighted by atomic mass is 16.6. The smallest absolute Gasteiger partial charge is 0.410 e. The molecule has 0 saturated carbocycles. The van der Waals surface area contributed by atoms with Crippen LogP contribution in [0.25, 0.3) is 0 Å². The number of likely N-dealkylation sites (N-methyl/N-ethyl adjacent to an activating group) is 2. The molecule has 0 heterocycles. The molecule has 0 bridgehead atoms. The van der Waals surface area contributed by atoms with E-state index in [9.17, 15) is 19.2 Å². The average molecular weight is 648 g/mol. The number of methoxy groups -OCH3 is 1. The predicted octanol–water partition coefficient (Wildman–Crippen LogP) is 5.96. The van der Waals surface area contributed by atoms with Gasteiger partial charge in [0, 0.05) is 26.6 Å². The number of esters is 1. The minimum Gasteiger partial charge on any atom is -0.460 e. The van der Waals surface area contributed by atoms with Crippen molar-refractivity contribution in [3.8, 4) is 0 Å². The van der Waals surface area contributed by atoms with E-state index in [4.69, 9.17) is 14.2 Å². The van der Waals surface area contributed by atoms with Crippen molar-refractivity contribution in [2.75, 3.05) is 21.2 Å². The number of carbonyl (C=O) groups is 4. The van der Waals surface area contributed by atoms with Crippen LogP contribution in [0.1, 0.15) is 101 Å². The van der Waals surface area contributed by atoms with Crippen LogP contribution in [0.3, 0.4) is 0 Å². The second-order valence-electron chi connectivity index (χ2n) is 15.2. The van der Waals surface area contributed by atoms with Gasteiger partial charge in [-0.25, -0.2) is 4.79 Å². The highest BCUT2D eigenvalue weighted by Gasteiger charge is 2.45. The van der Waals surface area contributed by atoms with Crippen molar-refractivity contribution >= 4 is 23.9 Å². The quantitative estimate of drug-likeness (QED) is 0.248. The van der Waals surface area contributed by atoms with E-state index in [1.807, 2.05) is 71.9 Å². The van der Waals surface area contributed by atoms with Crippen LogP contribution in [0.15, 0.2) is 30.3 Å². The van der Waals surface area contributed by atoms with Gasteiger partial charge in [-0.15, -0.1) is 0 Å². The first-order valence-electron chi connectivity index (χ1n) is 16.3. The molecule has 0 radical (unpaired) electrons. The molecule has 10 heteroatoms. The Balaban J connectivity index is 3.52. The third-order valence-electron chi connectivity index (χ3n) is 8.24. The maximum absolute atomic E-state index is 14.3. The van der Waals surface area contributed by atoms with E-state index in [2.05, 4.69) is 5.32 Å². The first-order valence-corrected chi connectivity index (χ1v) is 16.3. The van der Waals surface area contributed by atoms with Crippen LogP contribution in [0.2, 0.25) is 0 Å². The molecule has 0 aromatic heterocycles. The molecule has 0 aliphatic rings. The molecule has 0 fully saturated rings. The summed E-state index contributed by atoms with van der Waals surface area (Å²) >= 11 is 0. The topological polar surface area (TPSA) is 114 Å². The summed E-state index contributed by atoms with van der Waals surface area (Å²) in [5, 5.41) is 3.00. The summed E-state index contributed by atoms with van der Waals surface area (Å²) in [6.45, 7) is 22.2. The zero-order chi connectivity index (χ0) is 35.8. The summed E-state index contributed by atoms with van der Waals surface area (Å²) < 4.78 is 17.0. The fourth-order valence-electron chi connectivity index (χ4n) is 5.69. The maximum atomic E-state index is 14.3. The standard InChI is InChI=1S/C36H61N3O7/c1-16-24(4)29(26(44-15)22-27(40)45-34(5,6)7)38(13)32(42)28(23(2)3)37-31(41)30(39(14)33(43)46-35(8,9)10)36(11,12)25-20-18-17-19-21-25/h17-21,23-24,26,28-30H,16,22H2,1-15H3,(H,37,41)/t24-,26+,28-,29-,30+/m0/s1. The van der Waals surface area contributed by atoms with Gasteiger partial charge < -0.3 is 24.4 Å². The van der Waals surface area contributed by atoms with Crippen LogP contribution >= 0.6 is 0 Å². The largest absolute Gasteiger partial charge is 0.460 e. The Hall–Kier alpha value is -3.14. The summed E-state index contributed by atoms with van der Waals surface area (Å²) in [6.07, 6.45) is -0.593. The van der Waals surface area contributed by atoms with Crippen LogP contribution < -0.4 is 5.32 Å². The Labute approximate surface area is 277 Å². The predicted molar refractivity (Wildman–Crippen MR) is 181 cm³/mol. The Kier molecular flexibility index (Phi) is 14.8. The van der Waals surface area contributed by atoms with Gasteiger partial charge in [0.1, 0.15) is 23.3 Å². The highest BCUT2D eigenvalue weighted by Crippen LogP contribution is 2.32. The van der Waals surface area contributed by atoms with E-state index in [1.54, 1.807) is 60.5 Å². The van der Waals surface area contributed by atoms with E-state index in [1.165, 1.54) is 12.0 Å². The van der Waals surface area contributed by atoms with E-state index in [0.29, 0.717) is 0 Å². The Morgan fingerprint density at radius 1 is 0.826 bits per heavy atom. The molecule has 3 amide bonds. The van der Waals surface area contributed by atoms with Crippen LogP contribution in [-0.2, 0) is 34.0 Å². The van der Waals surface area contributed by atoms with Crippen LogP contribution in [0, 0.1) is 11.8 Å². The molecule has 0 saturated heterocycles. The number of hydrogen-bond donors (Lipinski definition) is 1. The lowest BCUT2D eigenvalue weighted by molar-refractivity contribution is -0.161. The lowest BCUT2D eigenvalue weighted by Gasteiger charge is -2.42. The molecule has 10 nitrogen and oxygen atoms in total. The SMILES string of the molecule is CC[C@H](C)[C@@H]([C@@H](CC(=O)OC(C)(C)C)OC)N(C)C(=O)[C@@H](NC(=O)[C@@H](N(C)C(=O)OC(C)(C)C)C(C)(C)c1ccccc1)C(C)C. The van der Waals surface area contributed by atoms with E-state index >= 15 is 0 Å². The summed E-state index contributed by atoms with van der Waals surface area (Å²) in [4.78, 5) is 57.6. The third-order valence-corrected chi connectivity index (χ3v) is 8.24. The highest BCUT2D eigenvalue weighted by molar-refractivity contribution is 5.92. The van der Waals surface area contributed by atoms with Gasteiger partial charge in [0.05, 0.1) is 18.6 Å². The van der Waals surface area contributed by atoms with Gasteiger partial charge in [0.2, 0.25) is 11.8 Å². The van der Waals surface area contributed by atoms with Crippen molar-refractivity contribution in [2.24, 2.45) is 11.8 Å². The fourth-order valence-corrected chi connectivity index (χ4v) is 5.69. The summed E-state index contributed by atoms with van der Waals surface area (Å²) in [5.41, 5.74) is -1.45.